The lowest BCUT2D eigenvalue weighted by molar-refractivity contribution is 0.0771. The number of carbonyl (C=O) groups excluding carboxylic acids is 1. The molecular weight excluding hydrogens is 384 g/mol. The molecular formula is C22H22N4O4. The fraction of sp³-hybridized carbons (Fsp3) is 0.364. The van der Waals surface area contributed by atoms with E-state index < -0.39 is 0 Å². The van der Waals surface area contributed by atoms with Crippen LogP contribution >= 0.6 is 0 Å². The molecule has 0 radical (unpaired) electrons. The number of nitrogens with zero attached hydrogens (tertiary/aromatic N) is 4. The first-order valence-corrected chi connectivity index (χ1v) is 10.0. The van der Waals surface area contributed by atoms with Crippen molar-refractivity contribution in [2.24, 2.45) is 5.92 Å². The van der Waals surface area contributed by atoms with Crippen molar-refractivity contribution in [3.8, 4) is 22.9 Å². The second-order valence-electron chi connectivity index (χ2n) is 7.95. The second kappa shape index (κ2) is 7.12. The van der Waals surface area contributed by atoms with Crippen molar-refractivity contribution in [3.05, 3.63) is 54.2 Å². The second-order valence-corrected chi connectivity index (χ2v) is 7.95. The topological polar surface area (TPSA) is 102 Å². The van der Waals surface area contributed by atoms with Crippen molar-refractivity contribution < 1.29 is 19.2 Å². The van der Waals surface area contributed by atoms with Gasteiger partial charge in [-0.05, 0) is 43.0 Å². The predicted molar refractivity (Wildman–Crippen MR) is 107 cm³/mol. The molecule has 1 aromatic carbocycles. The molecule has 2 aliphatic rings. The van der Waals surface area contributed by atoms with Gasteiger partial charge in [0.25, 0.3) is 5.91 Å². The molecule has 2 fully saturated rings. The van der Waals surface area contributed by atoms with Crippen molar-refractivity contribution in [1.82, 2.24) is 20.0 Å². The van der Waals surface area contributed by atoms with E-state index in [-0.39, 0.29) is 34.3 Å². The van der Waals surface area contributed by atoms with Crippen LogP contribution in [0.15, 0.2) is 47.2 Å². The molecule has 3 heterocycles. The molecule has 1 amide bonds. The van der Waals surface area contributed by atoms with Crippen LogP contribution < -0.4 is 4.74 Å². The summed E-state index contributed by atoms with van der Waals surface area (Å²) < 4.78 is 10.9. The van der Waals surface area contributed by atoms with Crippen LogP contribution in [-0.2, 0) is 5.41 Å². The van der Waals surface area contributed by atoms with Gasteiger partial charge in [-0.3, -0.25) is 9.78 Å². The van der Waals surface area contributed by atoms with E-state index >= 15 is 0 Å². The first-order valence-electron chi connectivity index (χ1n) is 10.0. The molecule has 1 saturated carbocycles. The Balaban J connectivity index is 1.45. The Bertz CT molecular complexity index is 1080. The smallest absolute Gasteiger partial charge is 0.257 e. The number of hydrogen-bond donors (Lipinski definition) is 1. The van der Waals surface area contributed by atoms with Crippen molar-refractivity contribution in [2.75, 3.05) is 20.2 Å². The number of pyridine rings is 1. The number of fused-ring (bicyclic) bond motifs is 1. The van der Waals surface area contributed by atoms with Gasteiger partial charge in [0.2, 0.25) is 11.7 Å². The summed E-state index contributed by atoms with van der Waals surface area (Å²) >= 11 is 0. The number of ether oxygens (including phenoxy) is 1. The molecule has 5 rings (SSSR count). The number of phenols is 1. The van der Waals surface area contributed by atoms with Crippen LogP contribution in [0.5, 0.6) is 11.5 Å². The van der Waals surface area contributed by atoms with Gasteiger partial charge in [-0.2, -0.15) is 4.98 Å². The maximum Gasteiger partial charge on any atom is 0.257 e. The Hall–Kier alpha value is -3.42. The number of hydrogen-bond acceptors (Lipinski definition) is 7. The van der Waals surface area contributed by atoms with Crippen molar-refractivity contribution >= 4 is 5.91 Å². The van der Waals surface area contributed by atoms with Gasteiger partial charge in [-0.25, -0.2) is 0 Å². The van der Waals surface area contributed by atoms with Crippen LogP contribution in [0.1, 0.15) is 35.5 Å². The molecule has 1 aliphatic carbocycles. The number of benzene rings is 1. The zero-order valence-corrected chi connectivity index (χ0v) is 16.6. The average Bonchev–Trinajstić information content (AvgIpc) is 3.48. The SMILES string of the molecule is COc1cccc(C(=O)N2C[C@H]3CCC[C@@]3(c3nc(-c4cccnc4)no3)C2)c1O. The lowest BCUT2D eigenvalue weighted by atomic mass is 9.80. The van der Waals surface area contributed by atoms with E-state index in [0.717, 1.165) is 24.8 Å². The molecule has 1 aliphatic heterocycles. The van der Waals surface area contributed by atoms with E-state index in [1.807, 2.05) is 12.1 Å². The van der Waals surface area contributed by atoms with Gasteiger partial charge in [0.1, 0.15) is 0 Å². The number of likely N-dealkylation sites (tertiary alicyclic amines) is 1. The highest BCUT2D eigenvalue weighted by molar-refractivity contribution is 5.98. The lowest BCUT2D eigenvalue weighted by Crippen LogP contribution is -2.35. The molecule has 8 nitrogen and oxygen atoms in total. The largest absolute Gasteiger partial charge is 0.504 e. The molecule has 3 aromatic rings. The molecule has 0 unspecified atom stereocenters. The third kappa shape index (κ3) is 2.82. The standard InChI is InChI=1S/C22H22N4O4/c1-29-17-8-2-7-16(18(17)27)20(28)26-12-15-6-3-9-22(15,13-26)21-24-19(25-30-21)14-5-4-10-23-11-14/h2,4-5,7-8,10-11,15,27H,3,6,9,12-13H2,1H3/t15-,22-/m1/s1. The van der Waals surface area contributed by atoms with Crippen LogP contribution in [-0.4, -0.2) is 51.2 Å². The fourth-order valence-corrected chi connectivity index (χ4v) is 4.86. The fourth-order valence-electron chi connectivity index (χ4n) is 4.86. The van der Waals surface area contributed by atoms with Crippen molar-refractivity contribution in [2.45, 2.75) is 24.7 Å². The molecule has 2 atom stereocenters. The molecule has 154 valence electrons. The van der Waals surface area contributed by atoms with E-state index in [9.17, 15) is 9.90 Å². The van der Waals surface area contributed by atoms with E-state index in [1.165, 1.54) is 7.11 Å². The Morgan fingerprint density at radius 2 is 2.23 bits per heavy atom. The minimum absolute atomic E-state index is 0.132. The van der Waals surface area contributed by atoms with E-state index in [1.54, 1.807) is 35.5 Å². The Kier molecular flexibility index (Phi) is 4.42. The van der Waals surface area contributed by atoms with Gasteiger partial charge in [-0.1, -0.05) is 17.6 Å². The summed E-state index contributed by atoms with van der Waals surface area (Å²) in [5.74, 6) is 1.27. The van der Waals surface area contributed by atoms with Crippen molar-refractivity contribution in [1.29, 1.82) is 0 Å². The normalized spacial score (nSPS) is 22.8. The Morgan fingerprint density at radius 3 is 3.03 bits per heavy atom. The van der Waals surface area contributed by atoms with E-state index in [4.69, 9.17) is 9.26 Å². The number of rotatable bonds is 4. The van der Waals surface area contributed by atoms with Crippen LogP contribution in [0.4, 0.5) is 0 Å². The summed E-state index contributed by atoms with van der Waals surface area (Å²) in [5, 5.41) is 14.6. The number of amides is 1. The maximum absolute atomic E-state index is 13.2. The van der Waals surface area contributed by atoms with Crippen LogP contribution in [0.2, 0.25) is 0 Å². The van der Waals surface area contributed by atoms with Gasteiger partial charge in [0.15, 0.2) is 11.5 Å². The first-order chi connectivity index (χ1) is 14.6. The highest BCUT2D eigenvalue weighted by Gasteiger charge is 2.55. The van der Waals surface area contributed by atoms with Crippen LogP contribution in [0, 0.1) is 5.92 Å². The molecule has 0 bridgehead atoms. The highest BCUT2D eigenvalue weighted by Crippen LogP contribution is 2.50. The summed E-state index contributed by atoms with van der Waals surface area (Å²) in [5.41, 5.74) is 0.689. The third-order valence-electron chi connectivity index (χ3n) is 6.38. The lowest BCUT2D eigenvalue weighted by Gasteiger charge is -2.24. The molecule has 1 N–H and O–H groups in total. The number of carbonyl (C=O) groups is 1. The predicted octanol–water partition coefficient (Wildman–Crippen LogP) is 3.04. The zero-order valence-electron chi connectivity index (χ0n) is 16.6. The third-order valence-corrected chi connectivity index (χ3v) is 6.38. The molecule has 0 spiro atoms. The quantitative estimate of drug-likeness (QED) is 0.710. The number of aromatic hydroxyl groups is 1. The highest BCUT2D eigenvalue weighted by atomic mass is 16.5. The minimum Gasteiger partial charge on any atom is -0.504 e. The molecule has 8 heteroatoms. The van der Waals surface area contributed by atoms with Gasteiger partial charge in [0, 0.05) is 31.0 Å². The van der Waals surface area contributed by atoms with E-state index in [2.05, 4.69) is 15.1 Å². The Morgan fingerprint density at radius 1 is 1.33 bits per heavy atom. The van der Waals surface area contributed by atoms with Gasteiger partial charge < -0.3 is 19.3 Å². The number of para-hydroxylation sites is 1. The van der Waals surface area contributed by atoms with Gasteiger partial charge in [-0.15, -0.1) is 0 Å². The summed E-state index contributed by atoms with van der Waals surface area (Å²) in [6.07, 6.45) is 6.35. The summed E-state index contributed by atoms with van der Waals surface area (Å²) in [7, 11) is 1.47. The monoisotopic (exact) mass is 406 g/mol. The Labute approximate surface area is 173 Å². The number of phenolic OH excluding ortho intramolecular Hbond substituents is 1. The zero-order chi connectivity index (χ0) is 20.7. The van der Waals surface area contributed by atoms with Crippen molar-refractivity contribution in [3.63, 3.8) is 0 Å². The minimum atomic E-state index is -0.350. The first kappa shape index (κ1) is 18.6. The number of aromatic nitrogens is 3. The molecule has 30 heavy (non-hydrogen) atoms. The van der Waals surface area contributed by atoms with Gasteiger partial charge in [0.05, 0.1) is 18.1 Å². The average molecular weight is 406 g/mol. The van der Waals surface area contributed by atoms with Gasteiger partial charge >= 0.3 is 0 Å². The summed E-state index contributed by atoms with van der Waals surface area (Å²) in [6.45, 7) is 1.09. The molecule has 1 saturated heterocycles. The number of methoxy groups -OCH3 is 1. The summed E-state index contributed by atoms with van der Waals surface area (Å²) in [6, 6.07) is 8.68. The maximum atomic E-state index is 13.2. The van der Waals surface area contributed by atoms with Crippen LogP contribution in [0.25, 0.3) is 11.4 Å². The van der Waals surface area contributed by atoms with E-state index in [0.29, 0.717) is 24.8 Å². The van der Waals surface area contributed by atoms with Crippen LogP contribution in [0.3, 0.4) is 0 Å². The molecule has 2 aromatic heterocycles. The summed E-state index contributed by atoms with van der Waals surface area (Å²) in [4.78, 5) is 23.8.